The second-order valence-electron chi connectivity index (χ2n) is 9.38. The molecule has 0 amide bonds. The first kappa shape index (κ1) is 23.2. The molecule has 0 radical (unpaired) electrons. The smallest absolute Gasteiger partial charge is 0.279 e. The van der Waals surface area contributed by atoms with Gasteiger partial charge in [0.2, 0.25) is 0 Å². The molecule has 9 rings (SSSR count). The number of nitrogens with zero attached hydrogens (tertiary/aromatic N) is 2. The maximum atomic E-state index is 13.8. The van der Waals surface area contributed by atoms with E-state index in [1.807, 2.05) is 0 Å². The minimum absolute atomic E-state index is 0.00950. The third-order valence-corrected chi connectivity index (χ3v) is 7.11. The minimum Gasteiger partial charge on any atom is -0.288 e. The topological polar surface area (TPSA) is 136 Å². The monoisotopic (exact) mass is 528 g/mol. The summed E-state index contributed by atoms with van der Waals surface area (Å²) in [5.74, 6) is -1.07. The summed E-state index contributed by atoms with van der Waals surface area (Å²) in [6.45, 7) is 0. The zero-order chi connectivity index (χ0) is 27.7. The summed E-state index contributed by atoms with van der Waals surface area (Å²) < 4.78 is 1.63. The fourth-order valence-electron chi connectivity index (χ4n) is 5.08. The van der Waals surface area contributed by atoms with Gasteiger partial charge in [-0.05, 0) is 60.7 Å². The Balaban J connectivity index is 1.37. The summed E-state index contributed by atoms with van der Waals surface area (Å²) >= 11 is 0. The lowest BCUT2D eigenvalue weighted by Crippen LogP contribution is -2.37. The van der Waals surface area contributed by atoms with Crippen molar-refractivity contribution >= 4 is 44.5 Å². The summed E-state index contributed by atoms with van der Waals surface area (Å²) in [6.07, 6.45) is 0. The SMILES string of the molecule is O=C1c2cccc(Nn3c(=O)c4ccc(cc4)c3=O)c2C(=O)c2cccc(Nn3c(=O)c4ccc(cc4)c3=O)c21. The van der Waals surface area contributed by atoms with E-state index in [1.165, 1.54) is 84.9 Å². The number of carbonyl (C=O) groups is 2. The van der Waals surface area contributed by atoms with Gasteiger partial charge < -0.3 is 0 Å². The lowest BCUT2D eigenvalue weighted by molar-refractivity contribution is 0.0980. The largest absolute Gasteiger partial charge is 0.288 e. The van der Waals surface area contributed by atoms with Crippen LogP contribution >= 0.6 is 0 Å². The van der Waals surface area contributed by atoms with Crippen LogP contribution in [0.15, 0.2) is 104 Å². The Hall–Kier alpha value is -5.90. The van der Waals surface area contributed by atoms with Crippen LogP contribution in [0.4, 0.5) is 11.4 Å². The van der Waals surface area contributed by atoms with E-state index >= 15 is 0 Å². The predicted molar refractivity (Wildman–Crippen MR) is 149 cm³/mol. The maximum Gasteiger partial charge on any atom is 0.279 e. The number of nitrogens with one attached hydrogen (secondary N) is 2. The number of ketones is 2. The minimum atomic E-state index is -0.607. The van der Waals surface area contributed by atoms with Crippen molar-refractivity contribution in [2.45, 2.75) is 0 Å². The van der Waals surface area contributed by atoms with E-state index < -0.39 is 33.8 Å². The zero-order valence-electron chi connectivity index (χ0n) is 20.4. The zero-order valence-corrected chi connectivity index (χ0v) is 20.4. The van der Waals surface area contributed by atoms with E-state index in [2.05, 4.69) is 10.9 Å². The number of aromatic nitrogens is 2. The molecule has 192 valence electrons. The van der Waals surface area contributed by atoms with Crippen LogP contribution < -0.4 is 33.1 Å². The Morgan fingerprint density at radius 1 is 0.400 bits per heavy atom. The van der Waals surface area contributed by atoms with Crippen molar-refractivity contribution < 1.29 is 9.59 Å². The molecule has 4 aromatic heterocycles. The van der Waals surface area contributed by atoms with Gasteiger partial charge in [-0.15, -0.1) is 0 Å². The Morgan fingerprint density at radius 2 is 0.700 bits per heavy atom. The van der Waals surface area contributed by atoms with Gasteiger partial charge in [0.25, 0.3) is 22.2 Å². The van der Waals surface area contributed by atoms with Crippen molar-refractivity contribution in [2.24, 2.45) is 0 Å². The van der Waals surface area contributed by atoms with Crippen molar-refractivity contribution in [3.8, 4) is 0 Å². The molecule has 10 nitrogen and oxygen atoms in total. The second-order valence-corrected chi connectivity index (χ2v) is 9.38. The standard InChI is InChI=1S/C30H16N4O6/c35-25-19-3-1-5-21(31-33-27(37)15-7-8-16(10-9-15)28(33)38)23(19)26(36)20-4-2-6-22(24(20)25)32-34-29(39)17-11-12-18(14-13-17)30(34)40/h1-14,31-32H. The van der Waals surface area contributed by atoms with Crippen molar-refractivity contribution in [3.05, 3.63) is 149 Å². The van der Waals surface area contributed by atoms with Crippen LogP contribution in [0.25, 0.3) is 21.5 Å². The van der Waals surface area contributed by atoms with Crippen LogP contribution in [-0.2, 0) is 0 Å². The van der Waals surface area contributed by atoms with Crippen LogP contribution in [-0.4, -0.2) is 20.9 Å². The number of anilines is 2. The lowest BCUT2D eigenvalue weighted by Gasteiger charge is -2.23. The van der Waals surface area contributed by atoms with Crippen LogP contribution in [0.2, 0.25) is 0 Å². The summed E-state index contributed by atoms with van der Waals surface area (Å²) in [7, 11) is 0. The van der Waals surface area contributed by atoms with Gasteiger partial charge in [0.1, 0.15) is 0 Å². The molecule has 1 aliphatic carbocycles. The van der Waals surface area contributed by atoms with Gasteiger partial charge in [-0.1, -0.05) is 24.3 Å². The summed E-state index contributed by atoms with van der Waals surface area (Å²) in [5, 5.41) is 1.12. The van der Waals surface area contributed by atoms with E-state index in [1.54, 1.807) is 0 Å². The third kappa shape index (κ3) is 3.23. The van der Waals surface area contributed by atoms with Crippen LogP contribution in [0, 0.1) is 0 Å². The summed E-state index contributed by atoms with van der Waals surface area (Å²) in [6, 6.07) is 21.2. The molecule has 4 aromatic carbocycles. The second kappa shape index (κ2) is 8.30. The highest BCUT2D eigenvalue weighted by atomic mass is 16.2. The normalized spacial score (nSPS) is 12.5. The van der Waals surface area contributed by atoms with Crippen LogP contribution in [0.3, 0.4) is 0 Å². The van der Waals surface area contributed by atoms with Gasteiger partial charge >= 0.3 is 0 Å². The number of hydrogen-bond acceptors (Lipinski definition) is 8. The quantitative estimate of drug-likeness (QED) is 0.356. The molecular formula is C30H16N4O6. The molecule has 40 heavy (non-hydrogen) atoms. The molecule has 0 spiro atoms. The van der Waals surface area contributed by atoms with Gasteiger partial charge in [0, 0.05) is 32.7 Å². The number of hydrogen-bond donors (Lipinski definition) is 2. The van der Waals surface area contributed by atoms with E-state index in [9.17, 15) is 28.8 Å². The molecule has 4 bridgehead atoms. The predicted octanol–water partition coefficient (Wildman–Crippen LogP) is 2.44. The van der Waals surface area contributed by atoms with Crippen molar-refractivity contribution in [1.82, 2.24) is 9.35 Å². The molecule has 4 heterocycles. The fraction of sp³-hybridized carbons (Fsp3) is 0. The first-order valence-corrected chi connectivity index (χ1v) is 12.2. The molecule has 8 aromatic rings. The highest BCUT2D eigenvalue weighted by Gasteiger charge is 2.34. The van der Waals surface area contributed by atoms with E-state index in [4.69, 9.17) is 0 Å². The molecule has 0 saturated carbocycles. The average Bonchev–Trinajstić information content (AvgIpc) is 3.27. The first-order valence-electron chi connectivity index (χ1n) is 12.2. The summed E-state index contributed by atoms with van der Waals surface area (Å²) in [4.78, 5) is 79.4. The van der Waals surface area contributed by atoms with E-state index in [0.29, 0.717) is 0 Å². The van der Waals surface area contributed by atoms with E-state index in [0.717, 1.165) is 9.35 Å². The molecule has 1 aliphatic rings. The number of benzene rings is 4. The Kier molecular flexibility index (Phi) is 4.82. The molecular weight excluding hydrogens is 512 g/mol. The molecule has 0 unspecified atom stereocenters. The number of fused-ring (bicyclic) bond motifs is 10. The molecule has 0 fully saturated rings. The van der Waals surface area contributed by atoms with Crippen LogP contribution in [0.1, 0.15) is 31.8 Å². The Morgan fingerprint density at radius 3 is 1.00 bits per heavy atom. The molecule has 0 atom stereocenters. The van der Waals surface area contributed by atoms with Crippen molar-refractivity contribution in [2.75, 3.05) is 10.9 Å². The molecule has 0 saturated heterocycles. The maximum absolute atomic E-state index is 13.8. The average molecular weight is 528 g/mol. The molecule has 2 N–H and O–H groups in total. The molecule has 0 aliphatic heterocycles. The van der Waals surface area contributed by atoms with Gasteiger partial charge in [-0.25, -0.2) is 0 Å². The number of rotatable bonds is 4. The summed E-state index contributed by atoms with van der Waals surface area (Å²) in [5.41, 5.74) is 3.33. The van der Waals surface area contributed by atoms with Crippen molar-refractivity contribution in [1.29, 1.82) is 0 Å². The fourth-order valence-corrected chi connectivity index (χ4v) is 5.08. The first-order chi connectivity index (χ1) is 19.3. The lowest BCUT2D eigenvalue weighted by atomic mass is 9.82. The van der Waals surface area contributed by atoms with Crippen molar-refractivity contribution in [3.63, 3.8) is 0 Å². The third-order valence-electron chi connectivity index (χ3n) is 7.11. The van der Waals surface area contributed by atoms with Gasteiger partial charge in [-0.3, -0.25) is 39.6 Å². The highest BCUT2D eigenvalue weighted by molar-refractivity contribution is 6.31. The van der Waals surface area contributed by atoms with Gasteiger partial charge in [0.15, 0.2) is 11.6 Å². The van der Waals surface area contributed by atoms with Gasteiger partial charge in [0.05, 0.1) is 22.5 Å². The van der Waals surface area contributed by atoms with Crippen LogP contribution in [0.5, 0.6) is 0 Å². The molecule has 10 heteroatoms. The van der Waals surface area contributed by atoms with E-state index in [-0.39, 0.29) is 55.2 Å². The van der Waals surface area contributed by atoms with Gasteiger partial charge in [-0.2, -0.15) is 9.35 Å². The number of carbonyl (C=O) groups excluding carboxylic acids is 2. The Bertz CT molecular complexity index is 2010. The highest BCUT2D eigenvalue weighted by Crippen LogP contribution is 2.35. The Labute approximate surface area is 223 Å².